The zero-order valence-electron chi connectivity index (χ0n) is 5.47. The fraction of sp³-hybridized carbons (Fsp3) is 0.750. The summed E-state index contributed by atoms with van der Waals surface area (Å²) < 4.78 is 3.09. The van der Waals surface area contributed by atoms with E-state index in [9.17, 15) is 4.79 Å². The molecule has 0 unspecified atom stereocenters. The Hall–Kier alpha value is 1.04. The maximum absolute atomic E-state index is 10.6. The quantitative estimate of drug-likeness (QED) is 0.425. The minimum atomic E-state index is -1.47. The van der Waals surface area contributed by atoms with E-state index in [4.69, 9.17) is 34.8 Å². The van der Waals surface area contributed by atoms with Crippen LogP contribution < -0.4 is 0 Å². The van der Waals surface area contributed by atoms with Crippen molar-refractivity contribution >= 4 is 61.7 Å². The normalized spacial score (nSPS) is 11.3. The summed E-state index contributed by atoms with van der Waals surface area (Å²) in [5.41, 5.74) is 0. The molecule has 0 spiro atoms. The highest BCUT2D eigenvalue weighted by Crippen LogP contribution is 2.46. The molecule has 66 valence electrons. The smallest absolute Gasteiger partial charge is 0.378 e. The van der Waals surface area contributed by atoms with Gasteiger partial charge in [-0.3, -0.25) is 0 Å². The molecule has 0 N–H and O–H groups in total. The Morgan fingerprint density at radius 3 is 2.45 bits per heavy atom. The van der Waals surface area contributed by atoms with E-state index >= 15 is 0 Å². The summed E-state index contributed by atoms with van der Waals surface area (Å²) in [6.45, 7) is 2.03. The molecule has 0 radical (unpaired) electrons. The summed E-state index contributed by atoms with van der Waals surface area (Å²) in [4.78, 5) is 10.6. The number of ether oxygens (including phenoxy) is 1. The van der Waals surface area contributed by atoms with Gasteiger partial charge in [-0.05, 0) is 17.7 Å². The molecule has 11 heavy (non-hydrogen) atoms. The van der Waals surface area contributed by atoms with Gasteiger partial charge >= 0.3 is 5.30 Å². The van der Waals surface area contributed by atoms with Crippen LogP contribution in [0.3, 0.4) is 0 Å². The van der Waals surface area contributed by atoms with Gasteiger partial charge in [0.25, 0.3) is 0 Å². The van der Waals surface area contributed by atoms with Gasteiger partial charge in [0, 0.05) is 10.8 Å². The fourth-order valence-corrected chi connectivity index (χ4v) is 2.03. The van der Waals surface area contributed by atoms with Crippen LogP contribution in [-0.4, -0.2) is 15.0 Å². The van der Waals surface area contributed by atoms with Crippen molar-refractivity contribution in [1.82, 2.24) is 0 Å². The Bertz CT molecular complexity index is 136. The van der Waals surface area contributed by atoms with Crippen LogP contribution in [0.2, 0.25) is 0 Å². The van der Waals surface area contributed by atoms with Crippen LogP contribution in [0.25, 0.3) is 0 Å². The number of hydrogen-bond donors (Lipinski definition) is 0. The second kappa shape index (κ2) is 5.65. The van der Waals surface area contributed by atoms with Crippen molar-refractivity contribution in [2.75, 3.05) is 6.61 Å². The van der Waals surface area contributed by atoms with E-state index < -0.39 is 8.43 Å². The van der Waals surface area contributed by atoms with Gasteiger partial charge in [0.1, 0.15) is 0 Å². The van der Waals surface area contributed by atoms with Crippen molar-refractivity contribution < 1.29 is 9.53 Å². The Kier molecular flexibility index (Phi) is 6.18. The lowest BCUT2D eigenvalue weighted by Gasteiger charge is -2.06. The molecule has 0 fully saturated rings. The predicted molar refractivity (Wildman–Crippen MR) is 52.5 cm³/mol. The third-order valence-electron chi connectivity index (χ3n) is 0.466. The molecule has 0 atom stereocenters. The molecule has 0 aliphatic rings. The monoisotopic (exact) mass is 254 g/mol. The molecule has 0 amide bonds. The van der Waals surface area contributed by atoms with Crippen molar-refractivity contribution in [3.63, 3.8) is 0 Å². The summed E-state index contributed by atoms with van der Waals surface area (Å²) >= 11 is 16.0. The number of hydrogen-bond acceptors (Lipinski definition) is 4. The lowest BCUT2D eigenvalue weighted by molar-refractivity contribution is 0.182. The zero-order valence-corrected chi connectivity index (χ0v) is 9.37. The van der Waals surface area contributed by atoms with Crippen molar-refractivity contribution in [2.45, 2.75) is 10.0 Å². The van der Waals surface area contributed by atoms with Crippen molar-refractivity contribution in [1.29, 1.82) is 0 Å². The van der Waals surface area contributed by atoms with Gasteiger partial charge in [0.15, 0.2) is 0 Å². The van der Waals surface area contributed by atoms with Gasteiger partial charge in [0.2, 0.25) is 3.12 Å². The van der Waals surface area contributed by atoms with Crippen LogP contribution in [-0.2, 0) is 4.74 Å². The second-order valence-corrected chi connectivity index (χ2v) is 6.53. The minimum Gasteiger partial charge on any atom is -0.457 e. The molecular formula is C4H5Cl3O2S2. The van der Waals surface area contributed by atoms with E-state index in [1.165, 1.54) is 0 Å². The highest BCUT2D eigenvalue weighted by atomic mass is 35.6. The molecule has 0 aromatic rings. The molecule has 0 aromatic carbocycles. The molecule has 0 saturated heterocycles. The molecule has 7 heteroatoms. The summed E-state index contributed by atoms with van der Waals surface area (Å²) in [5, 5.41) is -0.455. The van der Waals surface area contributed by atoms with E-state index in [1.807, 2.05) is 0 Å². The topological polar surface area (TPSA) is 26.3 Å². The van der Waals surface area contributed by atoms with Crippen LogP contribution in [0, 0.1) is 0 Å². The second-order valence-electron chi connectivity index (χ2n) is 1.30. The lowest BCUT2D eigenvalue weighted by atomic mass is 10.9. The van der Waals surface area contributed by atoms with E-state index in [0.29, 0.717) is 6.61 Å². The standard InChI is InChI=1S/C4H5Cl3O2S2/c1-2-9-3(8)10-11-4(5,6)7/h2H2,1H3. The number of halogens is 3. The first-order chi connectivity index (χ1) is 4.95. The van der Waals surface area contributed by atoms with Gasteiger partial charge in [-0.2, -0.15) is 0 Å². The van der Waals surface area contributed by atoms with Crippen molar-refractivity contribution in [3.8, 4) is 0 Å². The van der Waals surface area contributed by atoms with Gasteiger partial charge < -0.3 is 4.74 Å². The highest BCUT2D eigenvalue weighted by molar-refractivity contribution is 8.83. The average molecular weight is 256 g/mol. The van der Waals surface area contributed by atoms with E-state index in [0.717, 1.165) is 21.6 Å². The van der Waals surface area contributed by atoms with Crippen LogP contribution in [0.15, 0.2) is 0 Å². The van der Waals surface area contributed by atoms with Crippen LogP contribution in [0.4, 0.5) is 4.79 Å². The summed E-state index contributed by atoms with van der Waals surface area (Å²) in [6, 6.07) is 0. The number of carbonyl (C=O) groups is 1. The molecule has 0 rings (SSSR count). The molecule has 0 aromatic heterocycles. The molecular weight excluding hydrogens is 251 g/mol. The van der Waals surface area contributed by atoms with Crippen LogP contribution >= 0.6 is 56.4 Å². The third kappa shape index (κ3) is 8.95. The van der Waals surface area contributed by atoms with Crippen LogP contribution in [0.1, 0.15) is 6.92 Å². The van der Waals surface area contributed by atoms with Gasteiger partial charge in [-0.1, -0.05) is 34.8 Å². The number of alkyl halides is 3. The van der Waals surface area contributed by atoms with Crippen molar-refractivity contribution in [3.05, 3.63) is 0 Å². The molecule has 0 aliphatic heterocycles. The predicted octanol–water partition coefficient (Wildman–Crippen LogP) is 3.85. The molecule has 0 bridgehead atoms. The van der Waals surface area contributed by atoms with Crippen molar-refractivity contribution in [2.24, 2.45) is 0 Å². The SMILES string of the molecule is CCOC(=O)SSC(Cl)(Cl)Cl. The summed E-state index contributed by atoms with van der Waals surface area (Å²) in [5.74, 6) is 0. The Labute approximate surface area is 87.7 Å². The number of rotatable bonds is 2. The Balaban J connectivity index is 3.46. The van der Waals surface area contributed by atoms with Gasteiger partial charge in [-0.15, -0.1) is 0 Å². The molecule has 2 nitrogen and oxygen atoms in total. The first kappa shape index (κ1) is 12.0. The molecule has 0 aliphatic carbocycles. The van der Waals surface area contributed by atoms with E-state index in [-0.39, 0.29) is 0 Å². The fourth-order valence-electron chi connectivity index (χ4n) is 0.223. The van der Waals surface area contributed by atoms with E-state index in [1.54, 1.807) is 6.92 Å². The van der Waals surface area contributed by atoms with Gasteiger partial charge in [-0.25, -0.2) is 4.79 Å². The Morgan fingerprint density at radius 1 is 1.55 bits per heavy atom. The number of carbonyl (C=O) groups excluding carboxylic acids is 1. The highest BCUT2D eigenvalue weighted by Gasteiger charge is 2.23. The largest absolute Gasteiger partial charge is 0.457 e. The van der Waals surface area contributed by atoms with Crippen LogP contribution in [0.5, 0.6) is 0 Å². The lowest BCUT2D eigenvalue weighted by Crippen LogP contribution is -1.97. The van der Waals surface area contributed by atoms with E-state index in [2.05, 4.69) is 4.74 Å². The average Bonchev–Trinajstić information content (AvgIpc) is 1.83. The van der Waals surface area contributed by atoms with Gasteiger partial charge in [0.05, 0.1) is 6.61 Å². The first-order valence-corrected chi connectivity index (χ1v) is 5.83. The summed E-state index contributed by atoms with van der Waals surface area (Å²) in [6.07, 6.45) is 0. The first-order valence-electron chi connectivity index (χ1n) is 2.55. The zero-order chi connectivity index (χ0) is 8.91. The molecule has 0 saturated carbocycles. The minimum absolute atomic E-state index is 0.326. The Morgan fingerprint density at radius 2 is 2.09 bits per heavy atom. The maximum atomic E-state index is 10.6. The molecule has 0 heterocycles. The third-order valence-corrected chi connectivity index (χ3v) is 3.92. The maximum Gasteiger partial charge on any atom is 0.378 e. The summed E-state index contributed by atoms with van der Waals surface area (Å²) in [7, 11) is 1.59.